The predicted octanol–water partition coefficient (Wildman–Crippen LogP) is 2.51. The van der Waals surface area contributed by atoms with Crippen LogP contribution >= 0.6 is 0 Å². The second-order valence-corrected chi connectivity index (χ2v) is 6.04. The minimum absolute atomic E-state index is 0.0264. The SMILES string of the molecule is CCCC(C)(C)n1nnnc1C(C)NCC(C)C. The van der Waals surface area contributed by atoms with Crippen LogP contribution in [0.1, 0.15) is 66.3 Å². The van der Waals surface area contributed by atoms with Crippen molar-refractivity contribution < 1.29 is 0 Å². The molecule has 0 aromatic carbocycles. The highest BCUT2D eigenvalue weighted by molar-refractivity contribution is 4.94. The highest BCUT2D eigenvalue weighted by Crippen LogP contribution is 2.23. The lowest BCUT2D eigenvalue weighted by Gasteiger charge is -2.27. The molecule has 0 fully saturated rings. The first kappa shape index (κ1) is 15.1. The third kappa shape index (κ3) is 3.77. The number of hydrogen-bond donors (Lipinski definition) is 1. The van der Waals surface area contributed by atoms with E-state index in [2.05, 4.69) is 62.4 Å². The molecule has 0 bridgehead atoms. The maximum absolute atomic E-state index is 4.18. The van der Waals surface area contributed by atoms with E-state index in [0.29, 0.717) is 5.92 Å². The van der Waals surface area contributed by atoms with Crippen LogP contribution in [0.2, 0.25) is 0 Å². The molecule has 0 amide bonds. The fourth-order valence-electron chi connectivity index (χ4n) is 2.12. The van der Waals surface area contributed by atoms with Crippen molar-refractivity contribution in [2.24, 2.45) is 5.92 Å². The van der Waals surface area contributed by atoms with Gasteiger partial charge in [-0.2, -0.15) is 0 Å². The molecule has 5 nitrogen and oxygen atoms in total. The molecule has 1 N–H and O–H groups in total. The number of hydrogen-bond acceptors (Lipinski definition) is 4. The molecule has 1 unspecified atom stereocenters. The van der Waals surface area contributed by atoms with Crippen LogP contribution in [0.25, 0.3) is 0 Å². The molecule has 1 rings (SSSR count). The second-order valence-electron chi connectivity index (χ2n) is 6.04. The molecule has 0 aliphatic heterocycles. The standard InChI is InChI=1S/C13H27N5/c1-7-8-13(5,6)18-12(15-16-17-18)11(4)14-9-10(2)3/h10-11,14H,7-9H2,1-6H3. The first-order chi connectivity index (χ1) is 8.38. The summed E-state index contributed by atoms with van der Waals surface area (Å²) in [6.45, 7) is 14.0. The van der Waals surface area contributed by atoms with Gasteiger partial charge in [0.25, 0.3) is 0 Å². The lowest BCUT2D eigenvalue weighted by Crippen LogP contribution is -2.33. The zero-order valence-corrected chi connectivity index (χ0v) is 12.6. The van der Waals surface area contributed by atoms with Gasteiger partial charge in [0.1, 0.15) is 0 Å². The Balaban J connectivity index is 2.81. The lowest BCUT2D eigenvalue weighted by molar-refractivity contribution is 0.268. The molecular weight excluding hydrogens is 226 g/mol. The molecule has 104 valence electrons. The Labute approximate surface area is 110 Å². The Morgan fingerprint density at radius 1 is 1.28 bits per heavy atom. The van der Waals surface area contributed by atoms with E-state index < -0.39 is 0 Å². The maximum Gasteiger partial charge on any atom is 0.168 e. The Morgan fingerprint density at radius 3 is 2.50 bits per heavy atom. The third-order valence-electron chi connectivity index (χ3n) is 3.15. The molecular formula is C13H27N5. The first-order valence-corrected chi connectivity index (χ1v) is 6.90. The molecule has 1 heterocycles. The van der Waals surface area contributed by atoms with Gasteiger partial charge in [-0.25, -0.2) is 4.68 Å². The van der Waals surface area contributed by atoms with Crippen LogP contribution in [-0.4, -0.2) is 26.8 Å². The Morgan fingerprint density at radius 2 is 1.94 bits per heavy atom. The summed E-state index contributed by atoms with van der Waals surface area (Å²) in [7, 11) is 0. The monoisotopic (exact) mass is 253 g/mol. The van der Waals surface area contributed by atoms with Gasteiger partial charge in [-0.15, -0.1) is 5.10 Å². The Hall–Kier alpha value is -0.970. The first-order valence-electron chi connectivity index (χ1n) is 6.90. The zero-order chi connectivity index (χ0) is 13.8. The van der Waals surface area contributed by atoms with Crippen molar-refractivity contribution in [2.75, 3.05) is 6.54 Å². The van der Waals surface area contributed by atoms with Crippen molar-refractivity contribution in [3.8, 4) is 0 Å². The minimum atomic E-state index is -0.0264. The van der Waals surface area contributed by atoms with Crippen molar-refractivity contribution in [2.45, 2.75) is 66.0 Å². The van der Waals surface area contributed by atoms with Gasteiger partial charge in [0.2, 0.25) is 0 Å². The Bertz CT molecular complexity index is 356. The van der Waals surface area contributed by atoms with Crippen molar-refractivity contribution in [3.05, 3.63) is 5.82 Å². The molecule has 0 spiro atoms. The van der Waals surface area contributed by atoms with Crippen LogP contribution in [0.4, 0.5) is 0 Å². The van der Waals surface area contributed by atoms with Gasteiger partial charge < -0.3 is 5.32 Å². The molecule has 0 radical (unpaired) electrons. The largest absolute Gasteiger partial charge is 0.307 e. The molecule has 1 atom stereocenters. The summed E-state index contributed by atoms with van der Waals surface area (Å²) < 4.78 is 1.97. The fourth-order valence-corrected chi connectivity index (χ4v) is 2.12. The molecule has 1 aromatic heterocycles. The van der Waals surface area contributed by atoms with Gasteiger partial charge >= 0.3 is 0 Å². The summed E-state index contributed by atoms with van der Waals surface area (Å²) in [5.74, 6) is 1.55. The topological polar surface area (TPSA) is 55.6 Å². The van der Waals surface area contributed by atoms with E-state index in [4.69, 9.17) is 0 Å². The van der Waals surface area contributed by atoms with E-state index in [0.717, 1.165) is 25.2 Å². The molecule has 18 heavy (non-hydrogen) atoms. The highest BCUT2D eigenvalue weighted by atomic mass is 15.6. The predicted molar refractivity (Wildman–Crippen MR) is 73.3 cm³/mol. The lowest BCUT2D eigenvalue weighted by atomic mass is 9.99. The number of rotatable bonds is 7. The Kier molecular flexibility index (Phi) is 5.26. The molecule has 1 aromatic rings. The van der Waals surface area contributed by atoms with Crippen LogP contribution in [0.15, 0.2) is 0 Å². The summed E-state index contributed by atoms with van der Waals surface area (Å²) in [6, 6.07) is 0.179. The van der Waals surface area contributed by atoms with E-state index >= 15 is 0 Å². The van der Waals surface area contributed by atoms with Gasteiger partial charge in [0.05, 0.1) is 11.6 Å². The summed E-state index contributed by atoms with van der Waals surface area (Å²) in [5, 5.41) is 15.7. The average Bonchev–Trinajstić information content (AvgIpc) is 2.75. The van der Waals surface area contributed by atoms with Crippen LogP contribution in [-0.2, 0) is 5.54 Å². The van der Waals surface area contributed by atoms with Gasteiger partial charge in [-0.3, -0.25) is 0 Å². The third-order valence-corrected chi connectivity index (χ3v) is 3.15. The van der Waals surface area contributed by atoms with Crippen molar-refractivity contribution in [3.63, 3.8) is 0 Å². The minimum Gasteiger partial charge on any atom is -0.307 e. The second kappa shape index (κ2) is 6.27. The van der Waals surface area contributed by atoms with Crippen LogP contribution in [0.5, 0.6) is 0 Å². The number of tetrazole rings is 1. The summed E-state index contributed by atoms with van der Waals surface area (Å²) in [4.78, 5) is 0. The van der Waals surface area contributed by atoms with E-state index in [1.165, 1.54) is 0 Å². The highest BCUT2D eigenvalue weighted by Gasteiger charge is 2.26. The van der Waals surface area contributed by atoms with E-state index in [9.17, 15) is 0 Å². The summed E-state index contributed by atoms with van der Waals surface area (Å²) >= 11 is 0. The van der Waals surface area contributed by atoms with Gasteiger partial charge in [0, 0.05) is 0 Å². The van der Waals surface area contributed by atoms with E-state index in [1.807, 2.05) is 4.68 Å². The van der Waals surface area contributed by atoms with Crippen LogP contribution in [0.3, 0.4) is 0 Å². The van der Waals surface area contributed by atoms with E-state index in [-0.39, 0.29) is 11.6 Å². The molecule has 5 heteroatoms. The molecule has 0 aliphatic rings. The quantitative estimate of drug-likeness (QED) is 0.811. The van der Waals surface area contributed by atoms with Crippen LogP contribution < -0.4 is 5.32 Å². The van der Waals surface area contributed by atoms with E-state index in [1.54, 1.807) is 0 Å². The smallest absolute Gasteiger partial charge is 0.168 e. The zero-order valence-electron chi connectivity index (χ0n) is 12.6. The van der Waals surface area contributed by atoms with Crippen molar-refractivity contribution >= 4 is 0 Å². The van der Waals surface area contributed by atoms with Crippen molar-refractivity contribution in [1.82, 2.24) is 25.5 Å². The van der Waals surface area contributed by atoms with Crippen molar-refractivity contribution in [1.29, 1.82) is 0 Å². The molecule has 0 aliphatic carbocycles. The van der Waals surface area contributed by atoms with Gasteiger partial charge in [-0.05, 0) is 50.1 Å². The normalized spacial score (nSPS) is 14.2. The molecule has 0 saturated carbocycles. The number of nitrogens with zero attached hydrogens (tertiary/aromatic N) is 4. The maximum atomic E-state index is 4.18. The molecule has 0 saturated heterocycles. The number of aromatic nitrogens is 4. The number of nitrogens with one attached hydrogen (secondary N) is 1. The van der Waals surface area contributed by atoms with Gasteiger partial charge in [-0.1, -0.05) is 27.2 Å². The fraction of sp³-hybridized carbons (Fsp3) is 0.923. The van der Waals surface area contributed by atoms with Gasteiger partial charge in [0.15, 0.2) is 5.82 Å². The summed E-state index contributed by atoms with van der Waals surface area (Å²) in [5.41, 5.74) is -0.0264. The van der Waals surface area contributed by atoms with Crippen LogP contribution in [0, 0.1) is 5.92 Å². The summed E-state index contributed by atoms with van der Waals surface area (Å²) in [6.07, 6.45) is 2.20. The average molecular weight is 253 g/mol.